The zero-order valence-corrected chi connectivity index (χ0v) is 23.2. The summed E-state index contributed by atoms with van der Waals surface area (Å²) >= 11 is 0. The third kappa shape index (κ3) is 6.66. The number of methoxy groups -OCH3 is 1. The van der Waals surface area contributed by atoms with Gasteiger partial charge in [0, 0.05) is 26.2 Å². The van der Waals surface area contributed by atoms with Crippen LogP contribution in [0.3, 0.4) is 0 Å². The summed E-state index contributed by atoms with van der Waals surface area (Å²) in [6, 6.07) is 12.5. The van der Waals surface area contributed by atoms with Crippen LogP contribution in [0.1, 0.15) is 32.1 Å². The SMILES string of the molecule is COc1ccc(S(=O)(=O)N2CCCC(C(=O)NCCOc3ccc(S(=O)(=O)N4CCCCC4)cc3)C2)cc1. The van der Waals surface area contributed by atoms with Gasteiger partial charge in [-0.25, -0.2) is 16.8 Å². The third-order valence-corrected chi connectivity index (χ3v) is 10.7. The van der Waals surface area contributed by atoms with Gasteiger partial charge in [0.1, 0.15) is 18.1 Å². The molecule has 2 aliphatic rings. The maximum Gasteiger partial charge on any atom is 0.243 e. The summed E-state index contributed by atoms with van der Waals surface area (Å²) in [7, 11) is -5.69. The Morgan fingerprint density at radius 1 is 0.816 bits per heavy atom. The minimum absolute atomic E-state index is 0.119. The molecule has 4 rings (SSSR count). The molecule has 0 aromatic heterocycles. The van der Waals surface area contributed by atoms with E-state index in [0.717, 1.165) is 19.3 Å². The topological polar surface area (TPSA) is 122 Å². The van der Waals surface area contributed by atoms with Crippen molar-refractivity contribution in [1.82, 2.24) is 13.9 Å². The maximum absolute atomic E-state index is 13.0. The maximum atomic E-state index is 13.0. The van der Waals surface area contributed by atoms with Crippen molar-refractivity contribution in [1.29, 1.82) is 0 Å². The highest BCUT2D eigenvalue weighted by atomic mass is 32.2. The summed E-state index contributed by atoms with van der Waals surface area (Å²) < 4.78 is 65.3. The Kier molecular flexibility index (Phi) is 9.29. The summed E-state index contributed by atoms with van der Waals surface area (Å²) in [4.78, 5) is 13.1. The molecule has 2 aromatic carbocycles. The number of carbonyl (C=O) groups excluding carboxylic acids is 1. The summed E-state index contributed by atoms with van der Waals surface area (Å²) in [6.45, 7) is 2.02. The van der Waals surface area contributed by atoms with Gasteiger partial charge in [0.2, 0.25) is 26.0 Å². The highest BCUT2D eigenvalue weighted by Gasteiger charge is 2.33. The molecular formula is C26H35N3O7S2. The zero-order chi connectivity index (χ0) is 27.2. The number of carbonyl (C=O) groups is 1. The van der Waals surface area contributed by atoms with Crippen molar-refractivity contribution >= 4 is 26.0 Å². The fraction of sp³-hybridized carbons (Fsp3) is 0.500. The summed E-state index contributed by atoms with van der Waals surface area (Å²) in [5.74, 6) is 0.411. The van der Waals surface area contributed by atoms with E-state index in [1.807, 2.05) is 0 Å². The largest absolute Gasteiger partial charge is 0.497 e. The Morgan fingerprint density at radius 2 is 1.37 bits per heavy atom. The van der Waals surface area contributed by atoms with Crippen LogP contribution in [-0.4, -0.2) is 77.8 Å². The van der Waals surface area contributed by atoms with Gasteiger partial charge >= 0.3 is 0 Å². The first-order valence-corrected chi connectivity index (χ1v) is 15.7. The standard InChI is InChI=1S/C26H35N3O7S2/c1-35-22-7-11-25(12-8-22)38(33,34)29-18-5-6-21(20-29)26(30)27-15-19-36-23-9-13-24(14-10-23)37(31,32)28-16-3-2-4-17-28/h7-14,21H,2-6,15-20H2,1H3,(H,27,30). The first-order valence-electron chi connectivity index (χ1n) is 12.9. The lowest BCUT2D eigenvalue weighted by Crippen LogP contribution is -2.45. The molecule has 2 aromatic rings. The highest BCUT2D eigenvalue weighted by molar-refractivity contribution is 7.89. The lowest BCUT2D eigenvalue weighted by atomic mass is 9.99. The van der Waals surface area contributed by atoms with E-state index in [1.54, 1.807) is 24.3 Å². The van der Waals surface area contributed by atoms with Crippen molar-refractivity contribution in [2.75, 3.05) is 46.4 Å². The highest BCUT2D eigenvalue weighted by Crippen LogP contribution is 2.26. The van der Waals surface area contributed by atoms with Crippen LogP contribution in [0.15, 0.2) is 58.3 Å². The molecule has 1 N–H and O–H groups in total. The Bertz CT molecular complexity index is 1290. The minimum atomic E-state index is -3.71. The number of nitrogens with one attached hydrogen (secondary N) is 1. The molecule has 2 heterocycles. The molecule has 2 saturated heterocycles. The van der Waals surface area contributed by atoms with Crippen LogP contribution in [0.5, 0.6) is 11.5 Å². The third-order valence-electron chi connectivity index (χ3n) is 6.90. The molecule has 0 bridgehead atoms. The van der Waals surface area contributed by atoms with Crippen LogP contribution in [0.25, 0.3) is 0 Å². The van der Waals surface area contributed by atoms with Gasteiger partial charge in [0.05, 0.1) is 29.4 Å². The Hall–Kier alpha value is -2.67. The molecule has 0 spiro atoms. The van der Waals surface area contributed by atoms with Gasteiger partial charge < -0.3 is 14.8 Å². The summed E-state index contributed by atoms with van der Waals surface area (Å²) in [5, 5.41) is 2.82. The first kappa shape index (κ1) is 28.3. The molecule has 12 heteroatoms. The van der Waals surface area contributed by atoms with E-state index < -0.39 is 26.0 Å². The molecule has 2 aliphatic heterocycles. The van der Waals surface area contributed by atoms with Gasteiger partial charge in [-0.2, -0.15) is 8.61 Å². The lowest BCUT2D eigenvalue weighted by molar-refractivity contribution is -0.126. The second kappa shape index (κ2) is 12.5. The lowest BCUT2D eigenvalue weighted by Gasteiger charge is -2.31. The van der Waals surface area contributed by atoms with Crippen LogP contribution in [0.2, 0.25) is 0 Å². The average Bonchev–Trinajstić information content (AvgIpc) is 2.96. The molecule has 0 saturated carbocycles. The molecule has 1 unspecified atom stereocenters. The number of benzene rings is 2. The second-order valence-corrected chi connectivity index (χ2v) is 13.3. The number of nitrogens with zero attached hydrogens (tertiary/aromatic N) is 2. The molecule has 1 amide bonds. The Morgan fingerprint density at radius 3 is 1.97 bits per heavy atom. The number of hydrogen-bond donors (Lipinski definition) is 1. The average molecular weight is 566 g/mol. The molecule has 1 atom stereocenters. The minimum Gasteiger partial charge on any atom is -0.497 e. The van der Waals surface area contributed by atoms with Crippen LogP contribution in [0, 0.1) is 5.92 Å². The predicted molar refractivity (Wildman–Crippen MR) is 142 cm³/mol. The number of ether oxygens (including phenoxy) is 2. The van der Waals surface area contributed by atoms with Gasteiger partial charge in [0.15, 0.2) is 0 Å². The zero-order valence-electron chi connectivity index (χ0n) is 21.5. The van der Waals surface area contributed by atoms with Crippen LogP contribution in [-0.2, 0) is 24.8 Å². The number of piperidine rings is 2. The number of sulfonamides is 2. The van der Waals surface area contributed by atoms with Gasteiger partial charge in [-0.1, -0.05) is 6.42 Å². The summed E-state index contributed by atoms with van der Waals surface area (Å²) in [5.41, 5.74) is 0. The van der Waals surface area contributed by atoms with Crippen LogP contribution >= 0.6 is 0 Å². The summed E-state index contributed by atoms with van der Waals surface area (Å²) in [6.07, 6.45) is 4.01. The fourth-order valence-electron chi connectivity index (χ4n) is 4.72. The van der Waals surface area contributed by atoms with Crippen LogP contribution < -0.4 is 14.8 Å². The smallest absolute Gasteiger partial charge is 0.243 e. The van der Waals surface area contributed by atoms with Crippen molar-refractivity contribution in [2.45, 2.75) is 41.9 Å². The normalized spacial score (nSPS) is 19.6. The monoisotopic (exact) mass is 565 g/mol. The quantitative estimate of drug-likeness (QED) is 0.439. The molecule has 2 fully saturated rings. The van der Waals surface area contributed by atoms with E-state index in [-0.39, 0.29) is 35.4 Å². The first-order chi connectivity index (χ1) is 18.2. The van der Waals surface area contributed by atoms with E-state index >= 15 is 0 Å². The number of rotatable bonds is 10. The molecule has 0 aliphatic carbocycles. The van der Waals surface area contributed by atoms with Crippen molar-refractivity contribution < 1.29 is 31.1 Å². The number of amides is 1. The van der Waals surface area contributed by atoms with E-state index in [0.29, 0.717) is 44.0 Å². The molecule has 0 radical (unpaired) electrons. The molecule has 208 valence electrons. The van der Waals surface area contributed by atoms with Crippen molar-refractivity contribution in [3.05, 3.63) is 48.5 Å². The second-order valence-electron chi connectivity index (χ2n) is 9.45. The fourth-order valence-corrected chi connectivity index (χ4v) is 7.76. The van der Waals surface area contributed by atoms with Gasteiger partial charge in [-0.3, -0.25) is 4.79 Å². The number of hydrogen-bond acceptors (Lipinski definition) is 7. The predicted octanol–water partition coefficient (Wildman–Crippen LogP) is 2.47. The van der Waals surface area contributed by atoms with Gasteiger partial charge in [-0.15, -0.1) is 0 Å². The van der Waals surface area contributed by atoms with Crippen LogP contribution in [0.4, 0.5) is 0 Å². The Labute approximate surface area is 225 Å². The van der Waals surface area contributed by atoms with E-state index in [2.05, 4.69) is 5.32 Å². The van der Waals surface area contributed by atoms with Gasteiger partial charge in [0.25, 0.3) is 0 Å². The van der Waals surface area contributed by atoms with E-state index in [9.17, 15) is 21.6 Å². The van der Waals surface area contributed by atoms with Crippen molar-refractivity contribution in [3.8, 4) is 11.5 Å². The van der Waals surface area contributed by atoms with E-state index in [1.165, 1.54) is 40.0 Å². The molecular weight excluding hydrogens is 530 g/mol. The molecule has 38 heavy (non-hydrogen) atoms. The van der Waals surface area contributed by atoms with Crippen molar-refractivity contribution in [3.63, 3.8) is 0 Å². The molecule has 10 nitrogen and oxygen atoms in total. The van der Waals surface area contributed by atoms with Gasteiger partial charge in [-0.05, 0) is 74.2 Å². The Balaban J connectivity index is 1.24. The van der Waals surface area contributed by atoms with E-state index in [4.69, 9.17) is 9.47 Å². The van der Waals surface area contributed by atoms with Crippen molar-refractivity contribution in [2.24, 2.45) is 5.92 Å².